The van der Waals surface area contributed by atoms with Crippen LogP contribution in [0.25, 0.3) is 5.69 Å². The summed E-state index contributed by atoms with van der Waals surface area (Å²) < 4.78 is 1.82. The minimum atomic E-state index is -0.926. The lowest BCUT2D eigenvalue weighted by molar-refractivity contribution is 0.0314. The summed E-state index contributed by atoms with van der Waals surface area (Å²) in [6, 6.07) is 5.77. The van der Waals surface area contributed by atoms with E-state index < -0.39 is 5.60 Å². The van der Waals surface area contributed by atoms with Crippen LogP contribution >= 0.6 is 0 Å². The van der Waals surface area contributed by atoms with Crippen molar-refractivity contribution >= 4 is 5.91 Å². The van der Waals surface area contributed by atoms with Crippen LogP contribution in [0.15, 0.2) is 36.9 Å². The van der Waals surface area contributed by atoms with Gasteiger partial charge < -0.3 is 14.6 Å². The smallest absolute Gasteiger partial charge is 0.256 e. The van der Waals surface area contributed by atoms with Gasteiger partial charge in [0.25, 0.3) is 5.91 Å². The maximum atomic E-state index is 12.9. The average Bonchev–Trinajstić information content (AvgIpc) is 2.97. The fraction of sp³-hybridized carbons (Fsp3) is 0.412. The number of aliphatic hydroxyl groups is 1. The van der Waals surface area contributed by atoms with Crippen molar-refractivity contribution in [3.8, 4) is 5.69 Å². The second-order valence-corrected chi connectivity index (χ2v) is 6.12. The zero-order valence-electron chi connectivity index (χ0n) is 13.6. The van der Waals surface area contributed by atoms with Crippen LogP contribution in [0.5, 0.6) is 0 Å². The van der Waals surface area contributed by atoms with Gasteiger partial charge in [-0.1, -0.05) is 11.6 Å². The number of carbonyl (C=O) groups excluding carboxylic acids is 1. The highest BCUT2D eigenvalue weighted by Gasteiger charge is 2.24. The van der Waals surface area contributed by atoms with Crippen molar-refractivity contribution in [2.75, 3.05) is 13.1 Å². The summed E-state index contributed by atoms with van der Waals surface area (Å²) in [7, 11) is 0. The number of amides is 1. The van der Waals surface area contributed by atoms with E-state index >= 15 is 0 Å². The maximum Gasteiger partial charge on any atom is 0.256 e. The Kier molecular flexibility index (Phi) is 4.66. The lowest BCUT2D eigenvalue weighted by atomic mass is 10.1. The fourth-order valence-electron chi connectivity index (χ4n) is 2.41. The SMILES string of the molecule is CCN(CC(C)(C)O)C(=O)c1cc(C)ccc1-n1ccnc1. The first-order valence-corrected chi connectivity index (χ1v) is 7.42. The van der Waals surface area contributed by atoms with Crippen LogP contribution in [-0.2, 0) is 0 Å². The molecule has 1 amide bonds. The Balaban J connectivity index is 2.42. The fourth-order valence-corrected chi connectivity index (χ4v) is 2.41. The molecule has 0 fully saturated rings. The summed E-state index contributed by atoms with van der Waals surface area (Å²) >= 11 is 0. The van der Waals surface area contributed by atoms with Gasteiger partial charge in [-0.2, -0.15) is 0 Å². The topological polar surface area (TPSA) is 58.4 Å². The average molecular weight is 301 g/mol. The summed E-state index contributed by atoms with van der Waals surface area (Å²) in [5.41, 5.74) is 1.50. The van der Waals surface area contributed by atoms with E-state index in [2.05, 4.69) is 4.98 Å². The zero-order valence-corrected chi connectivity index (χ0v) is 13.6. The first-order valence-electron chi connectivity index (χ1n) is 7.42. The number of nitrogens with zero attached hydrogens (tertiary/aromatic N) is 3. The number of rotatable bonds is 5. The van der Waals surface area contributed by atoms with E-state index in [1.807, 2.05) is 42.8 Å². The molecule has 1 N–H and O–H groups in total. The highest BCUT2D eigenvalue weighted by molar-refractivity contribution is 5.98. The molecule has 2 rings (SSSR count). The van der Waals surface area contributed by atoms with Crippen molar-refractivity contribution in [3.05, 3.63) is 48.0 Å². The molecule has 118 valence electrons. The predicted octanol–water partition coefficient (Wildman–Crippen LogP) is 2.41. The highest BCUT2D eigenvalue weighted by Crippen LogP contribution is 2.19. The number of aromatic nitrogens is 2. The van der Waals surface area contributed by atoms with E-state index in [1.165, 1.54) is 0 Å². The quantitative estimate of drug-likeness (QED) is 0.922. The van der Waals surface area contributed by atoms with E-state index in [1.54, 1.807) is 31.3 Å². The minimum Gasteiger partial charge on any atom is -0.389 e. The van der Waals surface area contributed by atoms with Crippen molar-refractivity contribution < 1.29 is 9.90 Å². The second-order valence-electron chi connectivity index (χ2n) is 6.12. The van der Waals surface area contributed by atoms with Crippen LogP contribution in [0.3, 0.4) is 0 Å². The summed E-state index contributed by atoms with van der Waals surface area (Å²) in [5.74, 6) is -0.0861. The highest BCUT2D eigenvalue weighted by atomic mass is 16.3. The van der Waals surface area contributed by atoms with E-state index in [-0.39, 0.29) is 5.91 Å². The third-order valence-electron chi connectivity index (χ3n) is 3.41. The molecule has 0 saturated carbocycles. The third-order valence-corrected chi connectivity index (χ3v) is 3.41. The van der Waals surface area contributed by atoms with Gasteiger partial charge >= 0.3 is 0 Å². The van der Waals surface area contributed by atoms with Crippen LogP contribution in [0.2, 0.25) is 0 Å². The van der Waals surface area contributed by atoms with Gasteiger partial charge in [0.05, 0.1) is 23.2 Å². The maximum absolute atomic E-state index is 12.9. The Morgan fingerprint density at radius 2 is 2.14 bits per heavy atom. The van der Waals surface area contributed by atoms with Crippen molar-refractivity contribution in [1.29, 1.82) is 0 Å². The molecule has 0 radical (unpaired) electrons. The third kappa shape index (κ3) is 3.74. The Morgan fingerprint density at radius 1 is 1.41 bits per heavy atom. The number of likely N-dealkylation sites (N-methyl/N-ethyl adjacent to an activating group) is 1. The van der Waals surface area contributed by atoms with E-state index in [9.17, 15) is 9.90 Å². The van der Waals surface area contributed by atoms with Crippen LogP contribution in [0.4, 0.5) is 0 Å². The first kappa shape index (κ1) is 16.2. The molecule has 1 heterocycles. The molecule has 0 aliphatic heterocycles. The second kappa shape index (κ2) is 6.32. The number of imidazole rings is 1. The summed E-state index contributed by atoms with van der Waals surface area (Å²) in [6.45, 7) is 8.11. The number of benzene rings is 1. The Morgan fingerprint density at radius 3 is 2.68 bits per heavy atom. The zero-order chi connectivity index (χ0) is 16.3. The van der Waals surface area contributed by atoms with Gasteiger partial charge in [-0.05, 0) is 39.8 Å². The molecule has 5 nitrogen and oxygen atoms in total. The van der Waals surface area contributed by atoms with Gasteiger partial charge in [-0.15, -0.1) is 0 Å². The van der Waals surface area contributed by atoms with Crippen molar-refractivity contribution in [3.63, 3.8) is 0 Å². The lowest BCUT2D eigenvalue weighted by Crippen LogP contribution is -2.42. The van der Waals surface area contributed by atoms with Crippen LogP contribution in [0.1, 0.15) is 36.7 Å². The van der Waals surface area contributed by atoms with Crippen molar-refractivity contribution in [1.82, 2.24) is 14.5 Å². The Hall–Kier alpha value is -2.14. The molecular formula is C17H23N3O2. The summed E-state index contributed by atoms with van der Waals surface area (Å²) in [4.78, 5) is 18.6. The number of hydrogen-bond donors (Lipinski definition) is 1. The van der Waals surface area contributed by atoms with E-state index in [0.29, 0.717) is 18.7 Å². The lowest BCUT2D eigenvalue weighted by Gasteiger charge is -2.29. The normalized spacial score (nSPS) is 11.5. The van der Waals surface area contributed by atoms with Gasteiger partial charge in [-0.3, -0.25) is 4.79 Å². The van der Waals surface area contributed by atoms with Crippen molar-refractivity contribution in [2.45, 2.75) is 33.3 Å². The monoisotopic (exact) mass is 301 g/mol. The molecule has 0 unspecified atom stereocenters. The predicted molar refractivity (Wildman–Crippen MR) is 86.2 cm³/mol. The molecule has 1 aromatic carbocycles. The molecule has 0 aliphatic rings. The van der Waals surface area contributed by atoms with Gasteiger partial charge in [0, 0.05) is 25.5 Å². The van der Waals surface area contributed by atoms with Crippen LogP contribution in [0, 0.1) is 6.92 Å². The van der Waals surface area contributed by atoms with Gasteiger partial charge in [0.15, 0.2) is 0 Å². The Labute approximate surface area is 131 Å². The minimum absolute atomic E-state index is 0.0861. The van der Waals surface area contributed by atoms with Crippen LogP contribution < -0.4 is 0 Å². The largest absolute Gasteiger partial charge is 0.389 e. The summed E-state index contributed by atoms with van der Waals surface area (Å²) in [5, 5.41) is 10.0. The van der Waals surface area contributed by atoms with Gasteiger partial charge in [0.1, 0.15) is 0 Å². The van der Waals surface area contributed by atoms with Crippen LogP contribution in [-0.4, -0.2) is 44.2 Å². The Bertz CT molecular complexity index is 642. The molecule has 5 heteroatoms. The molecule has 0 aliphatic carbocycles. The molecular weight excluding hydrogens is 278 g/mol. The number of aryl methyl sites for hydroxylation is 1. The molecule has 2 aromatic rings. The molecule has 0 atom stereocenters. The van der Waals surface area contributed by atoms with Crippen molar-refractivity contribution in [2.24, 2.45) is 0 Å². The van der Waals surface area contributed by atoms with Gasteiger partial charge in [-0.25, -0.2) is 4.98 Å². The molecule has 0 spiro atoms. The molecule has 0 saturated heterocycles. The number of hydrogen-bond acceptors (Lipinski definition) is 3. The van der Waals surface area contributed by atoms with E-state index in [4.69, 9.17) is 0 Å². The first-order chi connectivity index (χ1) is 10.3. The molecule has 0 bridgehead atoms. The number of carbonyl (C=O) groups is 1. The summed E-state index contributed by atoms with van der Waals surface area (Å²) in [6.07, 6.45) is 5.17. The standard InChI is InChI=1S/C17H23N3O2/c1-5-19(11-17(3,4)22)16(21)14-10-13(2)6-7-15(14)20-9-8-18-12-20/h6-10,12,22H,5,11H2,1-4H3. The molecule has 22 heavy (non-hydrogen) atoms. The van der Waals surface area contributed by atoms with Gasteiger partial charge in [0.2, 0.25) is 0 Å². The van der Waals surface area contributed by atoms with E-state index in [0.717, 1.165) is 11.3 Å². The molecule has 1 aromatic heterocycles.